The molecular weight excluding hydrogens is 242 g/mol. The van der Waals surface area contributed by atoms with E-state index in [1.807, 2.05) is 13.8 Å². The first kappa shape index (κ1) is 18.6. The highest BCUT2D eigenvalue weighted by Gasteiger charge is 2.21. The van der Waals surface area contributed by atoms with Crippen LogP contribution in [0.5, 0.6) is 0 Å². The van der Waals surface area contributed by atoms with Crippen molar-refractivity contribution in [1.82, 2.24) is 9.80 Å². The van der Waals surface area contributed by atoms with Crippen LogP contribution in [0, 0.1) is 5.92 Å². The molecule has 2 N–H and O–H groups in total. The van der Waals surface area contributed by atoms with E-state index in [9.17, 15) is 9.59 Å². The summed E-state index contributed by atoms with van der Waals surface area (Å²) in [6.45, 7) is 4.11. The molecule has 0 spiro atoms. The maximum Gasteiger partial charge on any atom is 0.241 e. The number of rotatable bonds is 5. The third-order valence-corrected chi connectivity index (χ3v) is 2.29. The Bertz CT molecular complexity index is 257. The zero-order valence-electron chi connectivity index (χ0n) is 11.3. The Morgan fingerprint density at radius 1 is 1.18 bits per heavy atom. The van der Waals surface area contributed by atoms with Gasteiger partial charge in [-0.05, 0) is 12.3 Å². The number of likely N-dealkylation sites (N-methyl/N-ethyl adjacent to an activating group) is 2. The zero-order chi connectivity index (χ0) is 12.9. The van der Waals surface area contributed by atoms with Gasteiger partial charge in [0.15, 0.2) is 0 Å². The van der Waals surface area contributed by atoms with E-state index in [0.717, 1.165) is 0 Å². The zero-order valence-corrected chi connectivity index (χ0v) is 12.1. The molecule has 17 heavy (non-hydrogen) atoms. The molecular formula is C11H24ClN3O2. The van der Waals surface area contributed by atoms with Crippen LogP contribution in [0.1, 0.15) is 20.3 Å². The Morgan fingerprint density at radius 2 is 1.65 bits per heavy atom. The third-order valence-electron chi connectivity index (χ3n) is 2.29. The summed E-state index contributed by atoms with van der Waals surface area (Å²) in [5, 5.41) is 0. The number of carbonyl (C=O) groups is 2. The standard InChI is InChI=1S/C11H23N3O2.ClH/c1-8(2)6-9(12)11(16)14(5)7-10(15)13(3)4;/h8-9H,6-7,12H2,1-5H3;1H/t9-;/m0./s1. The molecule has 2 amide bonds. The summed E-state index contributed by atoms with van der Waals surface area (Å²) in [4.78, 5) is 26.0. The fourth-order valence-corrected chi connectivity index (χ4v) is 1.31. The van der Waals surface area contributed by atoms with Gasteiger partial charge in [0.1, 0.15) is 0 Å². The predicted octanol–water partition coefficient (Wildman–Crippen LogP) is 0.328. The minimum absolute atomic E-state index is 0. The van der Waals surface area contributed by atoms with Crippen LogP contribution in [0.3, 0.4) is 0 Å². The summed E-state index contributed by atoms with van der Waals surface area (Å²) >= 11 is 0. The van der Waals surface area contributed by atoms with Crippen LogP contribution in [0.2, 0.25) is 0 Å². The lowest BCUT2D eigenvalue weighted by Gasteiger charge is -2.23. The Labute approximate surface area is 110 Å². The van der Waals surface area contributed by atoms with Crippen LogP contribution < -0.4 is 5.73 Å². The van der Waals surface area contributed by atoms with E-state index in [4.69, 9.17) is 5.73 Å². The summed E-state index contributed by atoms with van der Waals surface area (Å²) in [7, 11) is 4.92. The molecule has 6 heteroatoms. The average molecular weight is 266 g/mol. The summed E-state index contributed by atoms with van der Waals surface area (Å²) in [5.74, 6) is 0.0911. The van der Waals surface area contributed by atoms with Crippen molar-refractivity contribution < 1.29 is 9.59 Å². The van der Waals surface area contributed by atoms with Crippen LogP contribution in [0.15, 0.2) is 0 Å². The third kappa shape index (κ3) is 7.18. The summed E-state index contributed by atoms with van der Waals surface area (Å²) < 4.78 is 0. The molecule has 0 bridgehead atoms. The van der Waals surface area contributed by atoms with Crippen molar-refractivity contribution in [3.8, 4) is 0 Å². The normalized spacial score (nSPS) is 11.7. The van der Waals surface area contributed by atoms with Gasteiger partial charge in [-0.25, -0.2) is 0 Å². The first-order valence-corrected chi connectivity index (χ1v) is 5.46. The minimum atomic E-state index is -0.514. The molecule has 0 aliphatic rings. The first-order chi connectivity index (χ1) is 7.25. The fourth-order valence-electron chi connectivity index (χ4n) is 1.31. The second kappa shape index (κ2) is 8.31. The van der Waals surface area contributed by atoms with Gasteiger partial charge in [-0.2, -0.15) is 0 Å². The molecule has 0 heterocycles. The summed E-state index contributed by atoms with van der Waals surface area (Å²) in [6, 6.07) is -0.514. The number of amides is 2. The lowest BCUT2D eigenvalue weighted by molar-refractivity contribution is -0.138. The minimum Gasteiger partial charge on any atom is -0.347 e. The van der Waals surface area contributed by atoms with E-state index in [1.54, 1.807) is 21.1 Å². The van der Waals surface area contributed by atoms with Gasteiger partial charge in [0, 0.05) is 21.1 Å². The first-order valence-electron chi connectivity index (χ1n) is 5.46. The molecule has 1 atom stereocenters. The molecule has 102 valence electrons. The van der Waals surface area contributed by atoms with E-state index in [1.165, 1.54) is 9.80 Å². The Hall–Kier alpha value is -0.810. The van der Waals surface area contributed by atoms with Crippen LogP contribution in [-0.4, -0.2) is 55.3 Å². The average Bonchev–Trinajstić information content (AvgIpc) is 2.14. The van der Waals surface area contributed by atoms with Gasteiger partial charge in [-0.3, -0.25) is 9.59 Å². The predicted molar refractivity (Wildman–Crippen MR) is 71.0 cm³/mol. The molecule has 0 radical (unpaired) electrons. The SMILES string of the molecule is CC(C)C[C@H](N)C(=O)N(C)CC(=O)N(C)C.Cl. The summed E-state index contributed by atoms with van der Waals surface area (Å²) in [6.07, 6.45) is 0.638. The monoisotopic (exact) mass is 265 g/mol. The molecule has 0 aromatic carbocycles. The van der Waals surface area contributed by atoms with Gasteiger partial charge in [-0.15, -0.1) is 12.4 Å². The van der Waals surface area contributed by atoms with Crippen LogP contribution >= 0.6 is 12.4 Å². The number of halogens is 1. The lowest BCUT2D eigenvalue weighted by atomic mass is 10.0. The van der Waals surface area contributed by atoms with E-state index in [0.29, 0.717) is 12.3 Å². The maximum atomic E-state index is 11.8. The number of carbonyl (C=O) groups excluding carboxylic acids is 2. The van der Waals surface area contributed by atoms with Crippen molar-refractivity contribution in [3.63, 3.8) is 0 Å². The summed E-state index contributed by atoms with van der Waals surface area (Å²) in [5.41, 5.74) is 5.75. The van der Waals surface area contributed by atoms with Gasteiger partial charge in [0.05, 0.1) is 12.6 Å². The van der Waals surface area contributed by atoms with Crippen molar-refractivity contribution in [2.24, 2.45) is 11.7 Å². The maximum absolute atomic E-state index is 11.8. The lowest BCUT2D eigenvalue weighted by Crippen LogP contribution is -2.46. The second-order valence-corrected chi connectivity index (χ2v) is 4.72. The number of hydrogen-bond acceptors (Lipinski definition) is 3. The van der Waals surface area contributed by atoms with Gasteiger partial charge in [-0.1, -0.05) is 13.8 Å². The number of hydrogen-bond donors (Lipinski definition) is 1. The molecule has 0 saturated carbocycles. The van der Waals surface area contributed by atoms with Crippen LogP contribution in [0.25, 0.3) is 0 Å². The van der Waals surface area contributed by atoms with Gasteiger partial charge < -0.3 is 15.5 Å². The Morgan fingerprint density at radius 3 is 2.00 bits per heavy atom. The molecule has 0 aromatic rings. The topological polar surface area (TPSA) is 66.6 Å². The largest absolute Gasteiger partial charge is 0.347 e. The van der Waals surface area contributed by atoms with Gasteiger partial charge >= 0.3 is 0 Å². The highest BCUT2D eigenvalue weighted by Crippen LogP contribution is 2.05. The van der Waals surface area contributed by atoms with Crippen molar-refractivity contribution in [1.29, 1.82) is 0 Å². The highest BCUT2D eigenvalue weighted by molar-refractivity contribution is 5.87. The molecule has 0 aliphatic heterocycles. The van der Waals surface area contributed by atoms with Crippen molar-refractivity contribution in [2.45, 2.75) is 26.3 Å². The molecule has 0 fully saturated rings. The number of nitrogens with zero attached hydrogens (tertiary/aromatic N) is 2. The fraction of sp³-hybridized carbons (Fsp3) is 0.818. The highest BCUT2D eigenvalue weighted by atomic mass is 35.5. The second-order valence-electron chi connectivity index (χ2n) is 4.72. The van der Waals surface area contributed by atoms with Crippen molar-refractivity contribution >= 4 is 24.2 Å². The Balaban J connectivity index is 0. The van der Waals surface area contributed by atoms with Crippen LogP contribution in [0.4, 0.5) is 0 Å². The number of nitrogens with two attached hydrogens (primary N) is 1. The van der Waals surface area contributed by atoms with Gasteiger partial charge in [0.25, 0.3) is 0 Å². The molecule has 0 aromatic heterocycles. The van der Waals surface area contributed by atoms with E-state index < -0.39 is 6.04 Å². The smallest absolute Gasteiger partial charge is 0.241 e. The van der Waals surface area contributed by atoms with E-state index >= 15 is 0 Å². The van der Waals surface area contributed by atoms with E-state index in [2.05, 4.69) is 0 Å². The molecule has 5 nitrogen and oxygen atoms in total. The Kier molecular flexibility index (Phi) is 9.06. The van der Waals surface area contributed by atoms with E-state index in [-0.39, 0.29) is 30.8 Å². The quantitative estimate of drug-likeness (QED) is 0.779. The molecule has 0 saturated heterocycles. The van der Waals surface area contributed by atoms with Crippen LogP contribution in [-0.2, 0) is 9.59 Å². The molecule has 0 rings (SSSR count). The van der Waals surface area contributed by atoms with Gasteiger partial charge in [0.2, 0.25) is 11.8 Å². The van der Waals surface area contributed by atoms with Crippen molar-refractivity contribution in [3.05, 3.63) is 0 Å². The molecule has 0 unspecified atom stereocenters. The molecule has 0 aliphatic carbocycles. The van der Waals surface area contributed by atoms with Crippen molar-refractivity contribution in [2.75, 3.05) is 27.7 Å².